The molecular formula is C15H12Cl4N4S. The Morgan fingerprint density at radius 3 is 2.54 bits per heavy atom. The van der Waals surface area contributed by atoms with Gasteiger partial charge in [0.1, 0.15) is 0 Å². The summed E-state index contributed by atoms with van der Waals surface area (Å²) in [4.78, 5) is 2.05. The Kier molecular flexibility index (Phi) is 5.39. The SMILES string of the molecule is CN(Cc1ccc(Cl)c(Cl)c1)Cn1nc2c(Cl)cc(Cl)cn2c1=S. The summed E-state index contributed by atoms with van der Waals surface area (Å²) in [5.74, 6) is 0. The van der Waals surface area contributed by atoms with E-state index in [9.17, 15) is 0 Å². The highest BCUT2D eigenvalue weighted by molar-refractivity contribution is 7.71. The highest BCUT2D eigenvalue weighted by atomic mass is 35.5. The molecule has 3 aromatic rings. The lowest BCUT2D eigenvalue weighted by atomic mass is 10.2. The maximum absolute atomic E-state index is 6.18. The fraction of sp³-hybridized carbons (Fsp3) is 0.200. The van der Waals surface area contributed by atoms with Gasteiger partial charge in [0.15, 0.2) is 5.65 Å². The predicted molar refractivity (Wildman–Crippen MR) is 102 cm³/mol. The Hall–Kier alpha value is -0.820. The summed E-state index contributed by atoms with van der Waals surface area (Å²) in [7, 11) is 1.96. The number of hydrogen-bond acceptors (Lipinski definition) is 3. The van der Waals surface area contributed by atoms with Crippen molar-refractivity contribution < 1.29 is 0 Å². The molecule has 0 aliphatic carbocycles. The van der Waals surface area contributed by atoms with E-state index in [1.54, 1.807) is 27.4 Å². The van der Waals surface area contributed by atoms with Crippen molar-refractivity contribution in [2.24, 2.45) is 0 Å². The van der Waals surface area contributed by atoms with Crippen LogP contribution in [0.15, 0.2) is 30.5 Å². The zero-order chi connectivity index (χ0) is 17.4. The molecule has 0 bridgehead atoms. The lowest BCUT2D eigenvalue weighted by molar-refractivity contribution is 0.245. The molecule has 0 fully saturated rings. The van der Waals surface area contributed by atoms with Crippen molar-refractivity contribution in [3.8, 4) is 0 Å². The summed E-state index contributed by atoms with van der Waals surface area (Å²) in [5, 5.41) is 6.50. The largest absolute Gasteiger partial charge is 0.283 e. The van der Waals surface area contributed by atoms with Crippen LogP contribution in [-0.4, -0.2) is 26.1 Å². The van der Waals surface area contributed by atoms with Gasteiger partial charge in [-0.3, -0.25) is 9.30 Å². The van der Waals surface area contributed by atoms with E-state index < -0.39 is 0 Å². The summed E-state index contributed by atoms with van der Waals surface area (Å²) >= 11 is 29.6. The van der Waals surface area contributed by atoms with Crippen LogP contribution in [0.25, 0.3) is 5.65 Å². The van der Waals surface area contributed by atoms with Crippen LogP contribution in [0.2, 0.25) is 20.1 Å². The highest BCUT2D eigenvalue weighted by Crippen LogP contribution is 2.24. The van der Waals surface area contributed by atoms with E-state index in [2.05, 4.69) is 10.00 Å². The summed E-state index contributed by atoms with van der Waals surface area (Å²) in [6.45, 7) is 1.16. The quantitative estimate of drug-likeness (QED) is 0.515. The van der Waals surface area contributed by atoms with Crippen LogP contribution < -0.4 is 0 Å². The average Bonchev–Trinajstić information content (AvgIpc) is 2.80. The monoisotopic (exact) mass is 420 g/mol. The van der Waals surface area contributed by atoms with Gasteiger partial charge < -0.3 is 0 Å². The van der Waals surface area contributed by atoms with Gasteiger partial charge in [0.05, 0.1) is 26.8 Å². The first-order chi connectivity index (χ1) is 11.3. The van der Waals surface area contributed by atoms with E-state index in [0.29, 0.717) is 43.7 Å². The molecule has 0 aliphatic rings. The summed E-state index contributed by atoms with van der Waals surface area (Å²) < 4.78 is 3.92. The van der Waals surface area contributed by atoms with E-state index in [1.807, 2.05) is 19.2 Å². The first-order valence-electron chi connectivity index (χ1n) is 6.92. The van der Waals surface area contributed by atoms with Gasteiger partial charge in [0.2, 0.25) is 4.77 Å². The molecule has 0 N–H and O–H groups in total. The molecule has 24 heavy (non-hydrogen) atoms. The van der Waals surface area contributed by atoms with Crippen molar-refractivity contribution in [2.75, 3.05) is 7.05 Å². The van der Waals surface area contributed by atoms with E-state index in [1.165, 1.54) is 0 Å². The molecule has 0 radical (unpaired) electrons. The minimum atomic E-state index is 0.458. The van der Waals surface area contributed by atoms with Crippen molar-refractivity contribution in [1.82, 2.24) is 19.1 Å². The van der Waals surface area contributed by atoms with Gasteiger partial charge in [-0.05, 0) is 43.0 Å². The molecule has 3 rings (SSSR count). The molecule has 4 nitrogen and oxygen atoms in total. The molecule has 2 heterocycles. The van der Waals surface area contributed by atoms with Gasteiger partial charge in [-0.1, -0.05) is 52.5 Å². The lowest BCUT2D eigenvalue weighted by Gasteiger charge is -2.16. The van der Waals surface area contributed by atoms with Crippen LogP contribution in [0.3, 0.4) is 0 Å². The number of halogens is 4. The Morgan fingerprint density at radius 2 is 1.83 bits per heavy atom. The molecule has 0 atom stereocenters. The molecule has 0 saturated heterocycles. The van der Waals surface area contributed by atoms with Gasteiger partial charge in [-0.15, -0.1) is 5.10 Å². The number of aromatic nitrogens is 3. The molecule has 0 aliphatic heterocycles. The molecule has 0 saturated carbocycles. The highest BCUT2D eigenvalue weighted by Gasteiger charge is 2.11. The van der Waals surface area contributed by atoms with Crippen LogP contribution in [0, 0.1) is 4.77 Å². The van der Waals surface area contributed by atoms with Crippen molar-refractivity contribution in [1.29, 1.82) is 0 Å². The molecule has 0 unspecified atom stereocenters. The first-order valence-corrected chi connectivity index (χ1v) is 8.84. The Balaban J connectivity index is 1.84. The third kappa shape index (κ3) is 3.72. The second-order valence-electron chi connectivity index (χ2n) is 5.39. The zero-order valence-corrected chi connectivity index (χ0v) is 16.4. The van der Waals surface area contributed by atoms with Crippen LogP contribution >= 0.6 is 58.6 Å². The smallest absolute Gasteiger partial charge is 0.203 e. The van der Waals surface area contributed by atoms with Crippen LogP contribution in [0.4, 0.5) is 0 Å². The molecule has 2 aromatic heterocycles. The number of nitrogens with zero attached hydrogens (tertiary/aromatic N) is 4. The number of fused-ring (bicyclic) bond motifs is 1. The predicted octanol–water partition coefficient (Wildman–Crippen LogP) is 5.57. The molecular weight excluding hydrogens is 410 g/mol. The summed E-state index contributed by atoms with van der Waals surface area (Å²) in [6, 6.07) is 7.21. The van der Waals surface area contributed by atoms with Crippen molar-refractivity contribution in [3.05, 3.63) is 60.9 Å². The normalized spacial score (nSPS) is 11.6. The number of pyridine rings is 1. The second kappa shape index (κ2) is 7.20. The van der Waals surface area contributed by atoms with Gasteiger partial charge in [0, 0.05) is 12.7 Å². The van der Waals surface area contributed by atoms with Gasteiger partial charge >= 0.3 is 0 Å². The van der Waals surface area contributed by atoms with E-state index in [4.69, 9.17) is 58.6 Å². The Bertz CT molecular complexity index is 966. The number of rotatable bonds is 4. The van der Waals surface area contributed by atoms with Crippen molar-refractivity contribution in [3.63, 3.8) is 0 Å². The number of benzene rings is 1. The third-order valence-electron chi connectivity index (χ3n) is 3.41. The molecule has 126 valence electrons. The van der Waals surface area contributed by atoms with E-state index in [0.717, 1.165) is 5.56 Å². The number of hydrogen-bond donors (Lipinski definition) is 0. The second-order valence-corrected chi connectivity index (χ2v) is 7.41. The maximum Gasteiger partial charge on any atom is 0.203 e. The standard InChI is InChI=1S/C15H12Cl4N4S/c1-21(6-9-2-3-11(17)12(18)4-9)8-23-15(24)22-7-10(16)5-13(19)14(22)20-23/h2-5,7H,6,8H2,1H3. The average molecular weight is 422 g/mol. The molecule has 9 heteroatoms. The zero-order valence-electron chi connectivity index (χ0n) is 12.5. The summed E-state index contributed by atoms with van der Waals surface area (Å²) in [6.07, 6.45) is 1.70. The van der Waals surface area contributed by atoms with Gasteiger partial charge in [-0.25, -0.2) is 4.68 Å². The van der Waals surface area contributed by atoms with Gasteiger partial charge in [-0.2, -0.15) is 0 Å². The van der Waals surface area contributed by atoms with Crippen molar-refractivity contribution >= 4 is 64.3 Å². The van der Waals surface area contributed by atoms with E-state index in [-0.39, 0.29) is 0 Å². The summed E-state index contributed by atoms with van der Waals surface area (Å²) in [5.41, 5.74) is 1.62. The fourth-order valence-corrected chi connectivity index (χ4v) is 3.43. The molecule has 1 aromatic carbocycles. The Morgan fingerprint density at radius 1 is 1.08 bits per heavy atom. The van der Waals surface area contributed by atoms with Gasteiger partial charge in [0.25, 0.3) is 0 Å². The topological polar surface area (TPSA) is 25.5 Å². The molecule has 0 amide bonds. The minimum absolute atomic E-state index is 0.458. The van der Waals surface area contributed by atoms with Crippen LogP contribution in [0.1, 0.15) is 5.56 Å². The molecule has 0 spiro atoms. The van der Waals surface area contributed by atoms with Crippen molar-refractivity contribution in [2.45, 2.75) is 13.2 Å². The third-order valence-corrected chi connectivity index (χ3v) is 5.04. The van der Waals surface area contributed by atoms with Crippen LogP contribution in [0.5, 0.6) is 0 Å². The maximum atomic E-state index is 6.18. The lowest BCUT2D eigenvalue weighted by Crippen LogP contribution is -2.22. The Labute approximate surface area is 164 Å². The first kappa shape index (κ1) is 18.0. The fourth-order valence-electron chi connectivity index (χ4n) is 2.37. The minimum Gasteiger partial charge on any atom is -0.283 e. The van der Waals surface area contributed by atoms with E-state index >= 15 is 0 Å². The van der Waals surface area contributed by atoms with Crippen LogP contribution in [-0.2, 0) is 13.2 Å².